The van der Waals surface area contributed by atoms with E-state index in [0.717, 1.165) is 55.8 Å². The van der Waals surface area contributed by atoms with Gasteiger partial charge in [0.15, 0.2) is 11.7 Å². The largest absolute Gasteiger partial charge is 0.364 e. The van der Waals surface area contributed by atoms with Crippen LogP contribution in [0.25, 0.3) is 0 Å². The van der Waals surface area contributed by atoms with Gasteiger partial charge in [0.2, 0.25) is 0 Å². The molecule has 1 fully saturated rings. The number of nitrogens with one attached hydrogen (secondary N) is 1. The summed E-state index contributed by atoms with van der Waals surface area (Å²) in [6, 6.07) is 3.84. The normalized spacial score (nSPS) is 16.8. The number of aliphatic imine (C=N–C) groups is 1. The van der Waals surface area contributed by atoms with Gasteiger partial charge >= 0.3 is 0 Å². The lowest BCUT2D eigenvalue weighted by atomic mass is 10.3. The molecule has 0 amide bonds. The Balaban J connectivity index is 1.47. The van der Waals surface area contributed by atoms with Crippen LogP contribution in [0.15, 0.2) is 32.4 Å². The van der Waals surface area contributed by atoms with Crippen molar-refractivity contribution in [2.45, 2.75) is 20.0 Å². The van der Waals surface area contributed by atoms with Gasteiger partial charge < -0.3 is 19.3 Å². The predicted molar refractivity (Wildman–Crippen MR) is 84.8 cm³/mol. The highest BCUT2D eigenvalue weighted by atomic mass is 16.5. The molecule has 0 atom stereocenters. The Hall–Kier alpha value is -2.35. The van der Waals surface area contributed by atoms with E-state index in [4.69, 9.17) is 9.05 Å². The van der Waals surface area contributed by atoms with Crippen molar-refractivity contribution in [2.24, 2.45) is 4.99 Å². The van der Waals surface area contributed by atoms with Gasteiger partial charge in [0.05, 0.1) is 17.9 Å². The fourth-order valence-electron chi connectivity index (χ4n) is 2.66. The maximum absolute atomic E-state index is 5.21. The van der Waals surface area contributed by atoms with Crippen molar-refractivity contribution in [3.05, 3.63) is 35.5 Å². The van der Waals surface area contributed by atoms with Gasteiger partial charge in [-0.2, -0.15) is 0 Å². The smallest absolute Gasteiger partial charge is 0.194 e. The Morgan fingerprint density at radius 3 is 2.74 bits per heavy atom. The van der Waals surface area contributed by atoms with E-state index < -0.39 is 0 Å². The number of nitrogens with zero attached hydrogens (tertiary/aromatic N) is 5. The van der Waals surface area contributed by atoms with Crippen LogP contribution in [0, 0.1) is 6.92 Å². The fourth-order valence-corrected chi connectivity index (χ4v) is 2.66. The maximum atomic E-state index is 5.21. The fraction of sp³-hybridized carbons (Fsp3) is 0.533. The van der Waals surface area contributed by atoms with Crippen LogP contribution < -0.4 is 5.32 Å². The molecule has 0 unspecified atom stereocenters. The zero-order valence-electron chi connectivity index (χ0n) is 13.5. The van der Waals surface area contributed by atoms with E-state index in [1.54, 1.807) is 13.3 Å². The molecule has 0 aromatic carbocycles. The molecule has 0 bridgehead atoms. The molecule has 0 spiro atoms. The Labute approximate surface area is 135 Å². The number of aryl methyl sites for hydroxylation is 1. The highest BCUT2D eigenvalue weighted by Crippen LogP contribution is 2.08. The van der Waals surface area contributed by atoms with Crippen LogP contribution in [0.4, 0.5) is 0 Å². The summed E-state index contributed by atoms with van der Waals surface area (Å²) in [6.45, 7) is 7.11. The van der Waals surface area contributed by atoms with Crippen molar-refractivity contribution in [3.8, 4) is 0 Å². The molecule has 0 saturated carbocycles. The molecule has 2 aromatic heterocycles. The van der Waals surface area contributed by atoms with Crippen LogP contribution in [-0.4, -0.2) is 59.3 Å². The summed E-state index contributed by atoms with van der Waals surface area (Å²) in [5, 5.41) is 11.2. The summed E-state index contributed by atoms with van der Waals surface area (Å²) in [4.78, 5) is 8.97. The lowest BCUT2D eigenvalue weighted by molar-refractivity contribution is 0.168. The number of hydrogen-bond donors (Lipinski definition) is 1. The number of rotatable bonds is 4. The van der Waals surface area contributed by atoms with E-state index in [-0.39, 0.29) is 0 Å². The van der Waals surface area contributed by atoms with Crippen molar-refractivity contribution >= 4 is 5.96 Å². The first-order valence-electron chi connectivity index (χ1n) is 7.74. The van der Waals surface area contributed by atoms with E-state index in [2.05, 4.69) is 30.4 Å². The summed E-state index contributed by atoms with van der Waals surface area (Å²) >= 11 is 0. The molecule has 124 valence electrons. The SMILES string of the molecule is CN=C(NCc1cc(C)no1)N1CCN(Cc2ccon2)CC1. The summed E-state index contributed by atoms with van der Waals surface area (Å²) in [6.07, 6.45) is 1.61. The van der Waals surface area contributed by atoms with Crippen LogP contribution in [0.2, 0.25) is 0 Å². The van der Waals surface area contributed by atoms with Crippen LogP contribution in [0.1, 0.15) is 17.1 Å². The first-order chi connectivity index (χ1) is 11.2. The highest BCUT2D eigenvalue weighted by Gasteiger charge is 2.20. The van der Waals surface area contributed by atoms with Gasteiger partial charge in [-0.1, -0.05) is 10.3 Å². The zero-order chi connectivity index (χ0) is 16.1. The third-order valence-electron chi connectivity index (χ3n) is 3.86. The molecule has 1 N–H and O–H groups in total. The van der Waals surface area contributed by atoms with E-state index in [1.165, 1.54) is 0 Å². The van der Waals surface area contributed by atoms with Crippen molar-refractivity contribution in [3.63, 3.8) is 0 Å². The summed E-state index contributed by atoms with van der Waals surface area (Å²) in [5.41, 5.74) is 1.86. The second-order valence-electron chi connectivity index (χ2n) is 5.59. The third kappa shape index (κ3) is 4.10. The standard InChI is InChI=1S/C15H22N6O2/c1-12-9-14(23-18-12)10-17-15(16-2)21-6-4-20(5-7-21)11-13-3-8-22-19-13/h3,8-9H,4-7,10-11H2,1-2H3,(H,16,17). The van der Waals surface area contributed by atoms with Crippen LogP contribution in [0.3, 0.4) is 0 Å². The van der Waals surface area contributed by atoms with Crippen molar-refractivity contribution in [1.82, 2.24) is 25.4 Å². The molecule has 8 nitrogen and oxygen atoms in total. The first-order valence-corrected chi connectivity index (χ1v) is 7.74. The number of aromatic nitrogens is 2. The number of piperazine rings is 1. The van der Waals surface area contributed by atoms with Crippen molar-refractivity contribution < 1.29 is 9.05 Å². The molecule has 2 aromatic rings. The van der Waals surface area contributed by atoms with E-state index in [9.17, 15) is 0 Å². The topological polar surface area (TPSA) is 82.9 Å². The average molecular weight is 318 g/mol. The number of hydrogen-bond acceptors (Lipinski definition) is 6. The lowest BCUT2D eigenvalue weighted by Crippen LogP contribution is -2.52. The molecular formula is C15H22N6O2. The molecule has 0 radical (unpaired) electrons. The van der Waals surface area contributed by atoms with Gasteiger partial charge in [-0.15, -0.1) is 0 Å². The van der Waals surface area contributed by atoms with Crippen LogP contribution in [-0.2, 0) is 13.1 Å². The minimum atomic E-state index is 0.590. The van der Waals surface area contributed by atoms with Gasteiger partial charge in [0, 0.05) is 51.9 Å². The average Bonchev–Trinajstić information content (AvgIpc) is 3.21. The van der Waals surface area contributed by atoms with E-state index >= 15 is 0 Å². The Morgan fingerprint density at radius 2 is 2.13 bits per heavy atom. The minimum Gasteiger partial charge on any atom is -0.364 e. The monoisotopic (exact) mass is 318 g/mol. The van der Waals surface area contributed by atoms with Gasteiger partial charge in [-0.25, -0.2) is 0 Å². The Kier molecular flexibility index (Phi) is 4.92. The Morgan fingerprint density at radius 1 is 1.30 bits per heavy atom. The molecule has 1 saturated heterocycles. The first kappa shape index (κ1) is 15.5. The second kappa shape index (κ2) is 7.28. The summed E-state index contributed by atoms with van der Waals surface area (Å²) in [5.74, 6) is 1.70. The van der Waals surface area contributed by atoms with Gasteiger partial charge in [-0.3, -0.25) is 9.89 Å². The Bertz CT molecular complexity index is 628. The predicted octanol–water partition coefficient (Wildman–Crippen LogP) is 0.864. The quantitative estimate of drug-likeness (QED) is 0.661. The minimum absolute atomic E-state index is 0.590. The number of guanidine groups is 1. The van der Waals surface area contributed by atoms with Gasteiger partial charge in [0.1, 0.15) is 6.26 Å². The van der Waals surface area contributed by atoms with Crippen LogP contribution in [0.5, 0.6) is 0 Å². The third-order valence-corrected chi connectivity index (χ3v) is 3.86. The molecule has 23 heavy (non-hydrogen) atoms. The molecule has 1 aliphatic rings. The molecule has 8 heteroatoms. The molecular weight excluding hydrogens is 296 g/mol. The van der Waals surface area contributed by atoms with Crippen molar-refractivity contribution in [2.75, 3.05) is 33.2 Å². The maximum Gasteiger partial charge on any atom is 0.194 e. The van der Waals surface area contributed by atoms with Crippen LogP contribution >= 0.6 is 0 Å². The van der Waals surface area contributed by atoms with Gasteiger partial charge in [-0.05, 0) is 6.92 Å². The zero-order valence-corrected chi connectivity index (χ0v) is 13.5. The highest BCUT2D eigenvalue weighted by molar-refractivity contribution is 5.79. The second-order valence-corrected chi connectivity index (χ2v) is 5.59. The molecule has 3 rings (SSSR count). The molecule has 1 aliphatic heterocycles. The van der Waals surface area contributed by atoms with E-state index in [1.807, 2.05) is 19.1 Å². The summed E-state index contributed by atoms with van der Waals surface area (Å²) in [7, 11) is 1.80. The van der Waals surface area contributed by atoms with E-state index in [0.29, 0.717) is 6.54 Å². The summed E-state index contributed by atoms with van der Waals surface area (Å²) < 4.78 is 10.1. The van der Waals surface area contributed by atoms with Gasteiger partial charge in [0.25, 0.3) is 0 Å². The molecule has 3 heterocycles. The lowest BCUT2D eigenvalue weighted by Gasteiger charge is -2.36. The molecule has 0 aliphatic carbocycles. The van der Waals surface area contributed by atoms with Crippen molar-refractivity contribution in [1.29, 1.82) is 0 Å².